The van der Waals surface area contributed by atoms with Gasteiger partial charge in [0.15, 0.2) is 0 Å². The van der Waals surface area contributed by atoms with Crippen molar-refractivity contribution in [3.8, 4) is 22.6 Å². The summed E-state index contributed by atoms with van der Waals surface area (Å²) < 4.78 is 24.3. The number of ether oxygens (including phenoxy) is 4. The van der Waals surface area contributed by atoms with Gasteiger partial charge in [0, 0.05) is 18.5 Å². The van der Waals surface area contributed by atoms with E-state index in [9.17, 15) is 14.4 Å². The van der Waals surface area contributed by atoms with Crippen LogP contribution in [0.25, 0.3) is 11.1 Å². The molecule has 2 amide bonds. The first kappa shape index (κ1) is 68.3. The topological polar surface area (TPSA) is 103 Å². The Kier molecular flexibility index (Phi) is 37.4. The SMILES string of the molecule is CCCCCCCCCCCCCCCCCCCCCCOc1cc(COC(=O)[C@@H]2CCCN2C(=O)CNC(=O)OCC2c3ccccc3-c3ccccc32)cc(OCCCCCCCCCCCCCCCCCCCCCC)c1. The molecule has 0 bridgehead atoms. The van der Waals surface area contributed by atoms with Crippen molar-refractivity contribution in [2.24, 2.45) is 0 Å². The summed E-state index contributed by atoms with van der Waals surface area (Å²) in [5, 5.41) is 2.64. The van der Waals surface area contributed by atoms with Gasteiger partial charge in [0.05, 0.1) is 13.2 Å². The Morgan fingerprint density at radius 2 is 0.829 bits per heavy atom. The van der Waals surface area contributed by atoms with Crippen LogP contribution in [0.5, 0.6) is 11.5 Å². The lowest BCUT2D eigenvalue weighted by molar-refractivity contribution is -0.154. The number of rotatable bonds is 51. The highest BCUT2D eigenvalue weighted by Gasteiger charge is 2.36. The van der Waals surface area contributed by atoms with E-state index in [1.165, 1.54) is 236 Å². The molecule has 3 aromatic carbocycles. The maximum Gasteiger partial charge on any atom is 0.407 e. The molecule has 2 aliphatic rings. The van der Waals surface area contributed by atoms with E-state index in [4.69, 9.17) is 18.9 Å². The number of hydrogen-bond acceptors (Lipinski definition) is 7. The van der Waals surface area contributed by atoms with Gasteiger partial charge in [0.2, 0.25) is 5.91 Å². The van der Waals surface area contributed by atoms with Gasteiger partial charge in [-0.25, -0.2) is 9.59 Å². The Bertz CT molecular complexity index is 2010. The second-order valence-corrected chi connectivity index (χ2v) is 24.5. The monoisotopic (exact) mass is 1130 g/mol. The van der Waals surface area contributed by atoms with E-state index in [-0.39, 0.29) is 31.6 Å². The minimum atomic E-state index is -0.717. The number of nitrogens with zero attached hydrogens (tertiary/aromatic N) is 1. The summed E-state index contributed by atoms with van der Waals surface area (Å²) in [5.74, 6) is 0.579. The molecule has 9 nitrogen and oxygen atoms in total. The zero-order valence-corrected chi connectivity index (χ0v) is 52.3. The van der Waals surface area contributed by atoms with Crippen LogP contribution in [-0.2, 0) is 25.7 Å². The molecule has 1 fully saturated rings. The molecule has 9 heteroatoms. The summed E-state index contributed by atoms with van der Waals surface area (Å²) in [5.41, 5.74) is 5.33. The lowest BCUT2D eigenvalue weighted by Gasteiger charge is -2.23. The molecule has 0 spiro atoms. The predicted molar refractivity (Wildman–Crippen MR) is 341 cm³/mol. The van der Waals surface area contributed by atoms with E-state index in [1.807, 2.05) is 42.5 Å². The van der Waals surface area contributed by atoms with Crippen LogP contribution in [0.15, 0.2) is 66.7 Å². The van der Waals surface area contributed by atoms with Crippen LogP contribution in [0, 0.1) is 0 Å². The number of unbranched alkanes of at least 4 members (excludes halogenated alkanes) is 38. The molecule has 1 atom stereocenters. The van der Waals surface area contributed by atoms with Crippen molar-refractivity contribution >= 4 is 18.0 Å². The smallest absolute Gasteiger partial charge is 0.407 e. The third-order valence-corrected chi connectivity index (χ3v) is 17.4. The van der Waals surface area contributed by atoms with Crippen molar-refractivity contribution in [3.05, 3.63) is 83.4 Å². The van der Waals surface area contributed by atoms with Crippen LogP contribution in [-0.4, -0.2) is 61.8 Å². The molecule has 1 saturated heterocycles. The molecule has 82 heavy (non-hydrogen) atoms. The number of esters is 1. The zero-order valence-electron chi connectivity index (χ0n) is 52.3. The van der Waals surface area contributed by atoms with Gasteiger partial charge in [0.1, 0.15) is 37.3 Å². The van der Waals surface area contributed by atoms with Crippen LogP contribution < -0.4 is 14.8 Å². The van der Waals surface area contributed by atoms with Crippen molar-refractivity contribution in [1.29, 1.82) is 0 Å². The zero-order chi connectivity index (χ0) is 57.8. The van der Waals surface area contributed by atoms with Crippen molar-refractivity contribution in [2.45, 2.75) is 302 Å². The summed E-state index contributed by atoms with van der Waals surface area (Å²) in [6, 6.07) is 21.5. The van der Waals surface area contributed by atoms with E-state index in [2.05, 4.69) is 43.4 Å². The van der Waals surface area contributed by atoms with E-state index >= 15 is 0 Å². The summed E-state index contributed by atoms with van der Waals surface area (Å²) in [4.78, 5) is 41.6. The van der Waals surface area contributed by atoms with Gasteiger partial charge in [-0.1, -0.05) is 306 Å². The third-order valence-electron chi connectivity index (χ3n) is 17.4. The van der Waals surface area contributed by atoms with Crippen molar-refractivity contribution in [3.63, 3.8) is 0 Å². The number of hydrogen-bond donors (Lipinski definition) is 1. The van der Waals surface area contributed by atoms with Crippen LogP contribution in [0.3, 0.4) is 0 Å². The molecule has 1 heterocycles. The van der Waals surface area contributed by atoms with Crippen LogP contribution in [0.1, 0.15) is 306 Å². The molecule has 3 aromatic rings. The second-order valence-electron chi connectivity index (χ2n) is 24.5. The van der Waals surface area contributed by atoms with Gasteiger partial charge < -0.3 is 29.2 Å². The van der Waals surface area contributed by atoms with Gasteiger partial charge >= 0.3 is 12.1 Å². The molecule has 0 radical (unpaired) electrons. The fraction of sp³-hybridized carbons (Fsp3) is 0.712. The normalized spacial score (nSPS) is 13.8. The number of likely N-dealkylation sites (tertiary alicyclic amines) is 1. The highest BCUT2D eigenvalue weighted by Crippen LogP contribution is 2.44. The minimum Gasteiger partial charge on any atom is -0.493 e. The number of nitrogens with one attached hydrogen (secondary N) is 1. The molecule has 1 aliphatic heterocycles. The Morgan fingerprint density at radius 1 is 0.463 bits per heavy atom. The number of benzene rings is 3. The fourth-order valence-electron chi connectivity index (χ4n) is 12.4. The average Bonchev–Trinajstić information content (AvgIpc) is 4.31. The van der Waals surface area contributed by atoms with Crippen molar-refractivity contribution in [2.75, 3.05) is 32.9 Å². The standard InChI is InChI=1S/C73H116N2O7/c1-3-5-7-9-11-13-15-17-19-21-23-25-27-29-31-33-35-37-39-45-54-79-63-56-62(57-64(58-63)80-55-46-40-38-36-34-32-30-28-26-24-22-20-18-16-14-12-10-8-6-4-2)60-81-72(77)70-52-47-53-75(70)71(76)59-74-73(78)82-61-69-67-50-43-41-48-65(67)66-49-42-44-51-68(66)69/h41-44,48-51,56-58,69-70H,3-40,45-47,52-55,59-61H2,1-2H3,(H,74,78)/t70-/m0/s1. The minimum absolute atomic E-state index is 0.0432. The molecule has 5 rings (SSSR count). The number of amides is 2. The lowest BCUT2D eigenvalue weighted by atomic mass is 9.98. The highest BCUT2D eigenvalue weighted by atomic mass is 16.5. The molecular weight excluding hydrogens is 1020 g/mol. The Hall–Kier alpha value is -4.53. The predicted octanol–water partition coefficient (Wildman–Crippen LogP) is 20.7. The van der Waals surface area contributed by atoms with Crippen LogP contribution >= 0.6 is 0 Å². The van der Waals surface area contributed by atoms with E-state index in [0.717, 1.165) is 65.0 Å². The molecule has 1 N–H and O–H groups in total. The van der Waals surface area contributed by atoms with E-state index < -0.39 is 18.1 Å². The third kappa shape index (κ3) is 28.8. The van der Waals surface area contributed by atoms with Gasteiger partial charge in [-0.05, 0) is 65.6 Å². The van der Waals surface area contributed by atoms with Gasteiger partial charge in [-0.3, -0.25) is 4.79 Å². The van der Waals surface area contributed by atoms with Gasteiger partial charge in [-0.15, -0.1) is 0 Å². The van der Waals surface area contributed by atoms with Crippen molar-refractivity contribution < 1.29 is 33.3 Å². The number of carbonyl (C=O) groups is 3. The number of carbonyl (C=O) groups excluding carboxylic acids is 3. The Balaban J connectivity index is 0.962. The largest absolute Gasteiger partial charge is 0.493 e. The molecule has 0 aromatic heterocycles. The van der Waals surface area contributed by atoms with E-state index in [1.54, 1.807) is 0 Å². The number of fused-ring (bicyclic) bond motifs is 3. The second kappa shape index (κ2) is 44.9. The molecule has 1 aliphatic carbocycles. The maximum absolute atomic E-state index is 13.6. The quantitative estimate of drug-likeness (QED) is 0.0444. The van der Waals surface area contributed by atoms with Gasteiger partial charge in [-0.2, -0.15) is 0 Å². The highest BCUT2D eigenvalue weighted by molar-refractivity contribution is 5.88. The Labute approximate surface area is 500 Å². The van der Waals surface area contributed by atoms with Crippen molar-refractivity contribution in [1.82, 2.24) is 10.2 Å². The van der Waals surface area contributed by atoms with Crippen LogP contribution in [0.2, 0.25) is 0 Å². The Morgan fingerprint density at radius 3 is 1.22 bits per heavy atom. The number of alkyl carbamates (subject to hydrolysis) is 1. The van der Waals surface area contributed by atoms with Gasteiger partial charge in [0.25, 0.3) is 0 Å². The maximum atomic E-state index is 13.6. The first-order valence-corrected chi connectivity index (χ1v) is 34.4. The lowest BCUT2D eigenvalue weighted by Crippen LogP contribution is -2.46. The molecular formula is C73H116N2O7. The molecule has 0 saturated carbocycles. The van der Waals surface area contributed by atoms with Crippen LogP contribution in [0.4, 0.5) is 4.79 Å². The summed E-state index contributed by atoms with van der Waals surface area (Å²) in [7, 11) is 0. The average molecular weight is 1130 g/mol. The van der Waals surface area contributed by atoms with E-state index in [0.29, 0.717) is 32.6 Å². The summed E-state index contributed by atoms with van der Waals surface area (Å²) in [6.45, 7) is 6.20. The summed E-state index contributed by atoms with van der Waals surface area (Å²) in [6.07, 6.45) is 54.7. The first-order valence-electron chi connectivity index (χ1n) is 34.4. The summed E-state index contributed by atoms with van der Waals surface area (Å²) >= 11 is 0. The first-order chi connectivity index (χ1) is 40.5. The fourth-order valence-corrected chi connectivity index (χ4v) is 12.4. The molecule has 0 unspecified atom stereocenters. The molecule has 460 valence electrons.